The van der Waals surface area contributed by atoms with E-state index in [0.29, 0.717) is 12.0 Å². The van der Waals surface area contributed by atoms with E-state index in [0.717, 1.165) is 13.0 Å². The Balaban J connectivity index is 2.49. The van der Waals surface area contributed by atoms with E-state index in [1.165, 1.54) is 11.1 Å². The standard InChI is InChI=1S/C15H25N/c1-12(2)15-8-6-14(7-9-15)10-11-16(5)13(3)4/h6-9,12-13H,10-11H2,1-5H3. The molecule has 90 valence electrons. The molecule has 0 aliphatic heterocycles. The summed E-state index contributed by atoms with van der Waals surface area (Å²) in [5.41, 5.74) is 2.87. The number of benzene rings is 1. The average molecular weight is 219 g/mol. The lowest BCUT2D eigenvalue weighted by Crippen LogP contribution is -2.28. The van der Waals surface area contributed by atoms with Crippen molar-refractivity contribution >= 4 is 0 Å². The Bertz CT molecular complexity index is 298. The van der Waals surface area contributed by atoms with Crippen LogP contribution in [0.15, 0.2) is 24.3 Å². The molecule has 1 rings (SSSR count). The summed E-state index contributed by atoms with van der Waals surface area (Å²) in [7, 11) is 2.19. The maximum absolute atomic E-state index is 2.39. The van der Waals surface area contributed by atoms with Gasteiger partial charge in [0.25, 0.3) is 0 Å². The fourth-order valence-corrected chi connectivity index (χ4v) is 1.63. The van der Waals surface area contributed by atoms with Gasteiger partial charge in [-0.3, -0.25) is 0 Å². The third-order valence-electron chi connectivity index (χ3n) is 3.28. The molecule has 1 heteroatoms. The Hall–Kier alpha value is -0.820. The van der Waals surface area contributed by atoms with Crippen LogP contribution in [-0.2, 0) is 6.42 Å². The van der Waals surface area contributed by atoms with Crippen LogP contribution >= 0.6 is 0 Å². The summed E-state index contributed by atoms with van der Waals surface area (Å²) in [6.07, 6.45) is 1.15. The molecule has 0 radical (unpaired) electrons. The first-order valence-electron chi connectivity index (χ1n) is 6.29. The van der Waals surface area contributed by atoms with Gasteiger partial charge in [-0.1, -0.05) is 38.1 Å². The molecular formula is C15H25N. The molecule has 0 heterocycles. The van der Waals surface area contributed by atoms with Crippen molar-refractivity contribution in [3.05, 3.63) is 35.4 Å². The van der Waals surface area contributed by atoms with Crippen molar-refractivity contribution in [2.24, 2.45) is 0 Å². The summed E-state index contributed by atoms with van der Waals surface area (Å²) in [4.78, 5) is 2.39. The maximum atomic E-state index is 2.39. The van der Waals surface area contributed by atoms with Gasteiger partial charge < -0.3 is 4.90 Å². The topological polar surface area (TPSA) is 3.24 Å². The van der Waals surface area contributed by atoms with E-state index in [1.807, 2.05) is 0 Å². The predicted molar refractivity (Wildman–Crippen MR) is 72.0 cm³/mol. The lowest BCUT2D eigenvalue weighted by atomic mass is 10.0. The minimum absolute atomic E-state index is 0.632. The predicted octanol–water partition coefficient (Wildman–Crippen LogP) is 3.69. The van der Waals surface area contributed by atoms with Gasteiger partial charge in [0.1, 0.15) is 0 Å². The van der Waals surface area contributed by atoms with Crippen molar-refractivity contribution in [1.29, 1.82) is 0 Å². The molecule has 0 aliphatic carbocycles. The molecule has 0 saturated heterocycles. The molecule has 0 unspecified atom stereocenters. The van der Waals surface area contributed by atoms with E-state index in [4.69, 9.17) is 0 Å². The molecule has 0 fully saturated rings. The van der Waals surface area contributed by atoms with Crippen LogP contribution in [-0.4, -0.2) is 24.5 Å². The molecule has 0 saturated carbocycles. The van der Waals surface area contributed by atoms with Crippen molar-refractivity contribution in [3.63, 3.8) is 0 Å². The average Bonchev–Trinajstić information content (AvgIpc) is 2.26. The molecule has 0 N–H and O–H groups in total. The molecule has 0 aliphatic rings. The number of nitrogens with zero attached hydrogens (tertiary/aromatic N) is 1. The molecular weight excluding hydrogens is 194 g/mol. The third-order valence-corrected chi connectivity index (χ3v) is 3.28. The van der Waals surface area contributed by atoms with Gasteiger partial charge in [0.2, 0.25) is 0 Å². The van der Waals surface area contributed by atoms with Gasteiger partial charge >= 0.3 is 0 Å². The SMILES string of the molecule is CC(C)c1ccc(CCN(C)C(C)C)cc1. The second-order valence-electron chi connectivity index (χ2n) is 5.22. The van der Waals surface area contributed by atoms with Crippen LogP contribution in [0, 0.1) is 0 Å². The van der Waals surface area contributed by atoms with E-state index >= 15 is 0 Å². The van der Waals surface area contributed by atoms with Crippen molar-refractivity contribution in [3.8, 4) is 0 Å². The Labute approximate surface area is 100 Å². The minimum atomic E-state index is 0.632. The monoisotopic (exact) mass is 219 g/mol. The lowest BCUT2D eigenvalue weighted by molar-refractivity contribution is 0.277. The fourth-order valence-electron chi connectivity index (χ4n) is 1.63. The lowest BCUT2D eigenvalue weighted by Gasteiger charge is -2.20. The number of likely N-dealkylation sites (N-methyl/N-ethyl adjacent to an activating group) is 1. The second kappa shape index (κ2) is 6.05. The van der Waals surface area contributed by atoms with E-state index in [2.05, 4.69) is 63.9 Å². The molecule has 0 amide bonds. The molecule has 0 spiro atoms. The maximum Gasteiger partial charge on any atom is 0.00356 e. The highest BCUT2D eigenvalue weighted by Crippen LogP contribution is 2.15. The summed E-state index contributed by atoms with van der Waals surface area (Å²) in [5, 5.41) is 0. The van der Waals surface area contributed by atoms with Gasteiger partial charge in [-0.15, -0.1) is 0 Å². The van der Waals surface area contributed by atoms with Crippen LogP contribution in [0.25, 0.3) is 0 Å². The summed E-state index contributed by atoms with van der Waals surface area (Å²) < 4.78 is 0. The van der Waals surface area contributed by atoms with Gasteiger partial charge in [0.05, 0.1) is 0 Å². The molecule has 1 aromatic carbocycles. The Kier molecular flexibility index (Phi) is 5.01. The quantitative estimate of drug-likeness (QED) is 0.730. The van der Waals surface area contributed by atoms with Crippen LogP contribution in [0.2, 0.25) is 0 Å². The minimum Gasteiger partial charge on any atom is -0.304 e. The van der Waals surface area contributed by atoms with E-state index in [-0.39, 0.29) is 0 Å². The van der Waals surface area contributed by atoms with Crippen LogP contribution in [0.1, 0.15) is 44.7 Å². The van der Waals surface area contributed by atoms with Crippen LogP contribution in [0.5, 0.6) is 0 Å². The summed E-state index contributed by atoms with van der Waals surface area (Å²) in [5.74, 6) is 0.632. The fraction of sp³-hybridized carbons (Fsp3) is 0.600. The van der Waals surface area contributed by atoms with Gasteiger partial charge in [-0.25, -0.2) is 0 Å². The summed E-state index contributed by atoms with van der Waals surface area (Å²) in [6, 6.07) is 9.69. The molecule has 0 atom stereocenters. The molecule has 1 nitrogen and oxygen atoms in total. The number of rotatable bonds is 5. The highest BCUT2D eigenvalue weighted by molar-refractivity contribution is 5.24. The molecule has 1 aromatic rings. The van der Waals surface area contributed by atoms with Crippen LogP contribution in [0.3, 0.4) is 0 Å². The van der Waals surface area contributed by atoms with E-state index < -0.39 is 0 Å². The first-order valence-corrected chi connectivity index (χ1v) is 6.29. The summed E-state index contributed by atoms with van der Waals surface area (Å²) in [6.45, 7) is 10.1. The third kappa shape index (κ3) is 3.97. The van der Waals surface area contributed by atoms with E-state index in [1.54, 1.807) is 0 Å². The Morgan fingerprint density at radius 2 is 1.56 bits per heavy atom. The zero-order valence-corrected chi connectivity index (χ0v) is 11.3. The number of hydrogen-bond donors (Lipinski definition) is 0. The largest absolute Gasteiger partial charge is 0.304 e. The molecule has 16 heavy (non-hydrogen) atoms. The highest BCUT2D eigenvalue weighted by atomic mass is 15.1. The second-order valence-corrected chi connectivity index (χ2v) is 5.22. The van der Waals surface area contributed by atoms with Crippen molar-refractivity contribution in [1.82, 2.24) is 4.90 Å². The van der Waals surface area contributed by atoms with Crippen molar-refractivity contribution in [2.45, 2.75) is 46.1 Å². The zero-order valence-electron chi connectivity index (χ0n) is 11.3. The molecule has 0 bridgehead atoms. The van der Waals surface area contributed by atoms with Crippen molar-refractivity contribution in [2.75, 3.05) is 13.6 Å². The van der Waals surface area contributed by atoms with Gasteiger partial charge in [-0.05, 0) is 44.4 Å². The number of hydrogen-bond acceptors (Lipinski definition) is 1. The first-order chi connectivity index (χ1) is 7.50. The molecule has 0 aromatic heterocycles. The Morgan fingerprint density at radius 1 is 1.00 bits per heavy atom. The van der Waals surface area contributed by atoms with Crippen LogP contribution < -0.4 is 0 Å². The van der Waals surface area contributed by atoms with Gasteiger partial charge in [-0.2, -0.15) is 0 Å². The van der Waals surface area contributed by atoms with Crippen molar-refractivity contribution < 1.29 is 0 Å². The van der Waals surface area contributed by atoms with Gasteiger partial charge in [0, 0.05) is 12.6 Å². The smallest absolute Gasteiger partial charge is 0.00356 e. The highest BCUT2D eigenvalue weighted by Gasteiger charge is 2.03. The summed E-state index contributed by atoms with van der Waals surface area (Å²) >= 11 is 0. The van der Waals surface area contributed by atoms with Crippen LogP contribution in [0.4, 0.5) is 0 Å². The Morgan fingerprint density at radius 3 is 2.00 bits per heavy atom. The normalized spacial score (nSPS) is 11.8. The first kappa shape index (κ1) is 13.2. The zero-order chi connectivity index (χ0) is 12.1. The van der Waals surface area contributed by atoms with E-state index in [9.17, 15) is 0 Å². The van der Waals surface area contributed by atoms with Gasteiger partial charge in [0.15, 0.2) is 0 Å².